The minimum Gasteiger partial charge on any atom is -0.394 e. The summed E-state index contributed by atoms with van der Waals surface area (Å²) in [6, 6.07) is 8.20. The third-order valence-corrected chi connectivity index (χ3v) is 4.65. The summed E-state index contributed by atoms with van der Waals surface area (Å²) < 4.78 is 12.5. The average Bonchev–Trinajstić information content (AvgIpc) is 3.21. The van der Waals surface area contributed by atoms with Gasteiger partial charge in [0.2, 0.25) is 0 Å². The predicted octanol–water partition coefficient (Wildman–Crippen LogP) is -1.19. The molecule has 1 fully saturated rings. The van der Waals surface area contributed by atoms with E-state index in [2.05, 4.69) is 5.16 Å². The van der Waals surface area contributed by atoms with Crippen molar-refractivity contribution in [3.63, 3.8) is 0 Å². The van der Waals surface area contributed by atoms with Crippen molar-refractivity contribution in [3.8, 4) is 0 Å². The molecule has 4 rings (SSSR count). The SMILES string of the molecule is O=c1ccn(C2OC(CO)[C@H](O)C2O)c(=O)n1Cc1noc2ccccc12. The summed E-state index contributed by atoms with van der Waals surface area (Å²) in [5, 5.41) is 33.8. The topological polar surface area (TPSA) is 140 Å². The van der Waals surface area contributed by atoms with Gasteiger partial charge in [0.05, 0.1) is 13.2 Å². The molecule has 1 aliphatic rings. The zero-order chi connectivity index (χ0) is 19.1. The number of benzene rings is 1. The van der Waals surface area contributed by atoms with Crippen molar-refractivity contribution in [1.29, 1.82) is 0 Å². The lowest BCUT2D eigenvalue weighted by atomic mass is 10.1. The van der Waals surface area contributed by atoms with E-state index in [4.69, 9.17) is 9.26 Å². The molecule has 0 aliphatic carbocycles. The van der Waals surface area contributed by atoms with Crippen molar-refractivity contribution < 1.29 is 24.6 Å². The Morgan fingerprint density at radius 2 is 1.89 bits per heavy atom. The van der Waals surface area contributed by atoms with E-state index in [0.717, 1.165) is 15.2 Å². The first kappa shape index (κ1) is 17.6. The molecule has 0 bridgehead atoms. The quantitative estimate of drug-likeness (QED) is 0.517. The molecule has 1 aliphatic heterocycles. The van der Waals surface area contributed by atoms with Gasteiger partial charge in [-0.05, 0) is 12.1 Å². The van der Waals surface area contributed by atoms with Crippen LogP contribution < -0.4 is 11.2 Å². The first-order valence-corrected chi connectivity index (χ1v) is 8.29. The third-order valence-electron chi connectivity index (χ3n) is 4.65. The Balaban J connectivity index is 1.74. The number of rotatable bonds is 4. The Bertz CT molecular complexity index is 1090. The number of fused-ring (bicyclic) bond motifs is 1. The molecule has 142 valence electrons. The highest BCUT2D eigenvalue weighted by Crippen LogP contribution is 2.27. The smallest absolute Gasteiger partial charge is 0.333 e. The van der Waals surface area contributed by atoms with Crippen molar-refractivity contribution in [2.24, 2.45) is 0 Å². The zero-order valence-corrected chi connectivity index (χ0v) is 14.0. The summed E-state index contributed by atoms with van der Waals surface area (Å²) in [6.07, 6.45) is -3.87. The number of ether oxygens (including phenoxy) is 1. The summed E-state index contributed by atoms with van der Waals surface area (Å²) in [6.45, 7) is -0.654. The molecular formula is C17H17N3O7. The first-order chi connectivity index (χ1) is 13.0. The molecule has 27 heavy (non-hydrogen) atoms. The standard InChI is InChI=1S/C17H17N3O7/c21-8-12-14(23)15(24)16(26-12)19-6-5-13(22)20(17(19)25)7-10-9-3-1-2-4-11(9)27-18-10/h1-6,12,14-16,21,23-24H,7-8H2/t12?,14-,15?,16?/m0/s1. The Morgan fingerprint density at radius 1 is 1.11 bits per heavy atom. The third kappa shape index (κ3) is 2.88. The molecule has 0 amide bonds. The summed E-state index contributed by atoms with van der Waals surface area (Å²) in [5.41, 5.74) is -0.372. The van der Waals surface area contributed by atoms with E-state index in [1.165, 1.54) is 6.20 Å². The van der Waals surface area contributed by atoms with Crippen molar-refractivity contribution in [2.45, 2.75) is 31.1 Å². The van der Waals surface area contributed by atoms with Crippen LogP contribution in [0.25, 0.3) is 11.0 Å². The van der Waals surface area contributed by atoms with Crippen LogP contribution in [-0.4, -0.2) is 54.5 Å². The summed E-state index contributed by atoms with van der Waals surface area (Å²) >= 11 is 0. The second kappa shape index (κ2) is 6.74. The van der Waals surface area contributed by atoms with Gasteiger partial charge in [-0.3, -0.25) is 13.9 Å². The fourth-order valence-corrected chi connectivity index (χ4v) is 3.18. The Hall–Kier alpha value is -2.79. The molecule has 3 N–H and O–H groups in total. The summed E-state index contributed by atoms with van der Waals surface area (Å²) in [4.78, 5) is 25.1. The average molecular weight is 375 g/mol. The van der Waals surface area contributed by atoms with Crippen LogP contribution in [0.1, 0.15) is 11.9 Å². The Labute approximate surface area is 151 Å². The number of hydrogen-bond acceptors (Lipinski definition) is 8. The van der Waals surface area contributed by atoms with Crippen LogP contribution in [0.4, 0.5) is 0 Å². The van der Waals surface area contributed by atoms with Crippen molar-refractivity contribution >= 4 is 11.0 Å². The lowest BCUT2D eigenvalue weighted by molar-refractivity contribution is -0.0555. The second-order valence-corrected chi connectivity index (χ2v) is 6.28. The zero-order valence-electron chi connectivity index (χ0n) is 14.0. The second-order valence-electron chi connectivity index (χ2n) is 6.28. The largest absolute Gasteiger partial charge is 0.394 e. The van der Waals surface area contributed by atoms with Gasteiger partial charge in [0.1, 0.15) is 24.0 Å². The van der Waals surface area contributed by atoms with Gasteiger partial charge in [0.15, 0.2) is 11.8 Å². The molecule has 0 spiro atoms. The van der Waals surface area contributed by atoms with Gasteiger partial charge in [-0.1, -0.05) is 17.3 Å². The number of nitrogens with zero attached hydrogens (tertiary/aromatic N) is 3. The van der Waals surface area contributed by atoms with E-state index in [9.17, 15) is 24.9 Å². The predicted molar refractivity (Wildman–Crippen MR) is 91.1 cm³/mol. The highest BCUT2D eigenvalue weighted by Gasteiger charge is 2.43. The molecule has 1 saturated heterocycles. The van der Waals surface area contributed by atoms with Crippen LogP contribution in [0.2, 0.25) is 0 Å². The van der Waals surface area contributed by atoms with Gasteiger partial charge < -0.3 is 24.6 Å². The van der Waals surface area contributed by atoms with E-state index < -0.39 is 42.4 Å². The molecule has 10 heteroatoms. The van der Waals surface area contributed by atoms with Gasteiger partial charge in [0, 0.05) is 17.6 Å². The van der Waals surface area contributed by atoms with Crippen LogP contribution >= 0.6 is 0 Å². The van der Waals surface area contributed by atoms with Crippen LogP contribution in [-0.2, 0) is 11.3 Å². The molecule has 2 aromatic heterocycles. The number of aromatic nitrogens is 3. The van der Waals surface area contributed by atoms with E-state index in [-0.39, 0.29) is 6.54 Å². The first-order valence-electron chi connectivity index (χ1n) is 8.29. The van der Waals surface area contributed by atoms with Gasteiger partial charge in [-0.25, -0.2) is 4.79 Å². The molecule has 1 aromatic carbocycles. The maximum atomic E-state index is 12.8. The molecule has 10 nitrogen and oxygen atoms in total. The maximum Gasteiger partial charge on any atom is 0.333 e. The minimum atomic E-state index is -1.43. The van der Waals surface area contributed by atoms with E-state index in [0.29, 0.717) is 16.7 Å². The summed E-state index contributed by atoms with van der Waals surface area (Å²) in [5.74, 6) is 0. The normalized spacial score (nSPS) is 25.3. The molecule has 0 radical (unpaired) electrons. The number of aliphatic hydroxyl groups excluding tert-OH is 3. The molecule has 0 saturated carbocycles. The number of para-hydroxylation sites is 1. The lowest BCUT2D eigenvalue weighted by Crippen LogP contribution is -2.43. The van der Waals surface area contributed by atoms with Crippen LogP contribution in [0.5, 0.6) is 0 Å². The molecule has 3 heterocycles. The van der Waals surface area contributed by atoms with Crippen LogP contribution in [0.3, 0.4) is 0 Å². The van der Waals surface area contributed by atoms with Crippen LogP contribution in [0, 0.1) is 0 Å². The molecule has 3 unspecified atom stereocenters. The van der Waals surface area contributed by atoms with Gasteiger partial charge in [-0.15, -0.1) is 0 Å². The van der Waals surface area contributed by atoms with Crippen LogP contribution in [0.15, 0.2) is 50.6 Å². The monoisotopic (exact) mass is 375 g/mol. The van der Waals surface area contributed by atoms with E-state index in [1.54, 1.807) is 24.3 Å². The van der Waals surface area contributed by atoms with Crippen molar-refractivity contribution in [1.82, 2.24) is 14.3 Å². The highest BCUT2D eigenvalue weighted by molar-refractivity contribution is 5.79. The molecule has 3 aromatic rings. The Kier molecular flexibility index (Phi) is 4.40. The maximum absolute atomic E-state index is 12.8. The fraction of sp³-hybridized carbons (Fsp3) is 0.353. The van der Waals surface area contributed by atoms with Crippen molar-refractivity contribution in [3.05, 3.63) is 63.1 Å². The summed E-state index contributed by atoms with van der Waals surface area (Å²) in [7, 11) is 0. The number of aliphatic hydroxyl groups is 3. The van der Waals surface area contributed by atoms with E-state index >= 15 is 0 Å². The van der Waals surface area contributed by atoms with Gasteiger partial charge in [0.25, 0.3) is 5.56 Å². The fourth-order valence-electron chi connectivity index (χ4n) is 3.18. The lowest BCUT2D eigenvalue weighted by Gasteiger charge is -2.18. The highest BCUT2D eigenvalue weighted by atomic mass is 16.6. The van der Waals surface area contributed by atoms with Gasteiger partial charge in [-0.2, -0.15) is 0 Å². The minimum absolute atomic E-state index is 0.135. The van der Waals surface area contributed by atoms with E-state index in [1.807, 2.05) is 0 Å². The molecular weight excluding hydrogens is 358 g/mol. The van der Waals surface area contributed by atoms with Gasteiger partial charge >= 0.3 is 5.69 Å². The van der Waals surface area contributed by atoms with Crippen molar-refractivity contribution in [2.75, 3.05) is 6.61 Å². The Morgan fingerprint density at radius 3 is 2.63 bits per heavy atom. The molecule has 4 atom stereocenters. The number of hydrogen-bond donors (Lipinski definition) is 3.